The van der Waals surface area contributed by atoms with Crippen LogP contribution in [0.5, 0.6) is 0 Å². The van der Waals surface area contributed by atoms with Gasteiger partial charge in [0.2, 0.25) is 0 Å². The molecule has 0 saturated carbocycles. The molecule has 1 aliphatic heterocycles. The maximum Gasteiger partial charge on any atom is 0.253 e. The average molecular weight is 248 g/mol. The zero-order chi connectivity index (χ0) is 13.3. The fourth-order valence-corrected chi connectivity index (χ4v) is 2.22. The minimum Gasteiger partial charge on any atom is -0.399 e. The number of β-amino-alcohol motifs (C(OH)–C–C–N with tert-alkyl or cyclic N) is 1. The number of piperidine rings is 1. The summed E-state index contributed by atoms with van der Waals surface area (Å²) in [5.74, 6) is 0.242. The van der Waals surface area contributed by atoms with Crippen LogP contribution in [0.4, 0.5) is 5.69 Å². The Morgan fingerprint density at radius 1 is 1.50 bits per heavy atom. The molecule has 2 rings (SSSR count). The first kappa shape index (κ1) is 12.9. The number of hydrogen-bond acceptors (Lipinski definition) is 3. The van der Waals surface area contributed by atoms with Crippen molar-refractivity contribution in [3.05, 3.63) is 29.3 Å². The molecule has 3 N–H and O–H groups in total. The molecule has 2 unspecified atom stereocenters. The van der Waals surface area contributed by atoms with Crippen LogP contribution in [-0.2, 0) is 0 Å². The fourth-order valence-electron chi connectivity index (χ4n) is 2.22. The summed E-state index contributed by atoms with van der Waals surface area (Å²) in [5, 5.41) is 9.83. The summed E-state index contributed by atoms with van der Waals surface area (Å²) in [7, 11) is 0. The Hall–Kier alpha value is -1.55. The maximum atomic E-state index is 12.3. The van der Waals surface area contributed by atoms with E-state index in [1.54, 1.807) is 17.0 Å². The minimum absolute atomic E-state index is 0.0240. The van der Waals surface area contributed by atoms with Crippen LogP contribution >= 0.6 is 0 Å². The number of aryl methyl sites for hydroxylation is 1. The molecule has 0 spiro atoms. The van der Waals surface area contributed by atoms with Gasteiger partial charge in [0.05, 0.1) is 6.10 Å². The summed E-state index contributed by atoms with van der Waals surface area (Å²) in [6.45, 7) is 5.03. The SMILES string of the molecule is Cc1cc(C(=O)N2CCC(C)C(O)C2)ccc1N. The van der Waals surface area contributed by atoms with Gasteiger partial charge in [0, 0.05) is 24.3 Å². The number of aliphatic hydroxyl groups excluding tert-OH is 1. The van der Waals surface area contributed by atoms with Crippen molar-refractivity contribution in [2.75, 3.05) is 18.8 Å². The molecule has 1 fully saturated rings. The molecule has 1 heterocycles. The molecule has 1 aliphatic rings. The van der Waals surface area contributed by atoms with Crippen molar-refractivity contribution in [1.29, 1.82) is 0 Å². The Kier molecular flexibility index (Phi) is 3.57. The monoisotopic (exact) mass is 248 g/mol. The maximum absolute atomic E-state index is 12.3. The van der Waals surface area contributed by atoms with Gasteiger partial charge in [0.15, 0.2) is 0 Å². The van der Waals surface area contributed by atoms with Gasteiger partial charge in [-0.3, -0.25) is 4.79 Å². The van der Waals surface area contributed by atoms with Gasteiger partial charge in [0.25, 0.3) is 5.91 Å². The smallest absolute Gasteiger partial charge is 0.253 e. The van der Waals surface area contributed by atoms with E-state index in [1.807, 2.05) is 19.9 Å². The molecule has 0 aliphatic carbocycles. The number of nitrogens with two attached hydrogens (primary N) is 1. The third kappa shape index (κ3) is 2.48. The van der Waals surface area contributed by atoms with Crippen molar-refractivity contribution in [2.45, 2.75) is 26.4 Å². The van der Waals surface area contributed by atoms with Crippen LogP contribution in [0, 0.1) is 12.8 Å². The number of benzene rings is 1. The van der Waals surface area contributed by atoms with Gasteiger partial charge in [0.1, 0.15) is 0 Å². The molecule has 1 saturated heterocycles. The lowest BCUT2D eigenvalue weighted by Gasteiger charge is -2.34. The van der Waals surface area contributed by atoms with E-state index in [-0.39, 0.29) is 11.8 Å². The first-order chi connectivity index (χ1) is 8.49. The Bertz CT molecular complexity index is 459. The van der Waals surface area contributed by atoms with Gasteiger partial charge in [-0.05, 0) is 43.0 Å². The highest BCUT2D eigenvalue weighted by Gasteiger charge is 2.27. The van der Waals surface area contributed by atoms with E-state index >= 15 is 0 Å². The van der Waals surface area contributed by atoms with Crippen molar-refractivity contribution in [2.24, 2.45) is 5.92 Å². The number of carbonyl (C=O) groups is 1. The molecule has 2 atom stereocenters. The lowest BCUT2D eigenvalue weighted by Crippen LogP contribution is -2.45. The third-order valence-corrected chi connectivity index (χ3v) is 3.72. The minimum atomic E-state index is -0.419. The fraction of sp³-hybridized carbons (Fsp3) is 0.500. The predicted octanol–water partition coefficient (Wildman–Crippen LogP) is 1.42. The molecular weight excluding hydrogens is 228 g/mol. The van der Waals surface area contributed by atoms with Gasteiger partial charge in [-0.1, -0.05) is 6.92 Å². The van der Waals surface area contributed by atoms with Crippen LogP contribution in [0.2, 0.25) is 0 Å². The van der Waals surface area contributed by atoms with Crippen LogP contribution in [0.15, 0.2) is 18.2 Å². The van der Waals surface area contributed by atoms with Crippen LogP contribution in [-0.4, -0.2) is 35.1 Å². The largest absolute Gasteiger partial charge is 0.399 e. The molecule has 4 heteroatoms. The van der Waals surface area contributed by atoms with Gasteiger partial charge in [-0.15, -0.1) is 0 Å². The van der Waals surface area contributed by atoms with Gasteiger partial charge < -0.3 is 15.7 Å². The Morgan fingerprint density at radius 3 is 2.83 bits per heavy atom. The van der Waals surface area contributed by atoms with Gasteiger partial charge in [-0.2, -0.15) is 0 Å². The number of likely N-dealkylation sites (tertiary alicyclic amines) is 1. The molecule has 0 aromatic heterocycles. The number of nitrogens with zero attached hydrogens (tertiary/aromatic N) is 1. The molecule has 1 aromatic rings. The zero-order valence-electron chi connectivity index (χ0n) is 10.9. The van der Waals surface area contributed by atoms with Crippen molar-refractivity contribution >= 4 is 11.6 Å². The second-order valence-corrected chi connectivity index (χ2v) is 5.16. The third-order valence-electron chi connectivity index (χ3n) is 3.72. The summed E-state index contributed by atoms with van der Waals surface area (Å²) in [4.78, 5) is 14.0. The molecule has 0 radical (unpaired) electrons. The highest BCUT2D eigenvalue weighted by atomic mass is 16.3. The first-order valence-electron chi connectivity index (χ1n) is 6.32. The number of amides is 1. The highest BCUT2D eigenvalue weighted by molar-refractivity contribution is 5.95. The summed E-state index contributed by atoms with van der Waals surface area (Å²) >= 11 is 0. The van der Waals surface area contributed by atoms with Crippen LogP contribution < -0.4 is 5.73 Å². The summed E-state index contributed by atoms with van der Waals surface area (Å²) in [6.07, 6.45) is 0.429. The Balaban J connectivity index is 2.14. The summed E-state index contributed by atoms with van der Waals surface area (Å²) < 4.78 is 0. The Morgan fingerprint density at radius 2 is 2.22 bits per heavy atom. The molecule has 98 valence electrons. The van der Waals surface area contributed by atoms with E-state index in [1.165, 1.54) is 0 Å². The van der Waals surface area contributed by atoms with Crippen molar-refractivity contribution < 1.29 is 9.90 Å². The van der Waals surface area contributed by atoms with Crippen LogP contribution in [0.25, 0.3) is 0 Å². The number of carbonyl (C=O) groups excluding carboxylic acids is 1. The lowest BCUT2D eigenvalue weighted by atomic mass is 9.95. The van der Waals surface area contributed by atoms with Gasteiger partial charge >= 0.3 is 0 Å². The lowest BCUT2D eigenvalue weighted by molar-refractivity contribution is 0.0248. The number of nitrogen functional groups attached to an aromatic ring is 1. The second-order valence-electron chi connectivity index (χ2n) is 5.16. The normalized spacial score (nSPS) is 24.1. The summed E-state index contributed by atoms with van der Waals surface area (Å²) in [6, 6.07) is 5.31. The number of aliphatic hydroxyl groups is 1. The van der Waals surface area contributed by atoms with Crippen molar-refractivity contribution in [1.82, 2.24) is 4.90 Å². The number of anilines is 1. The first-order valence-corrected chi connectivity index (χ1v) is 6.32. The van der Waals surface area contributed by atoms with Crippen LogP contribution in [0.1, 0.15) is 29.3 Å². The van der Waals surface area contributed by atoms with E-state index < -0.39 is 6.10 Å². The van der Waals surface area contributed by atoms with Crippen LogP contribution in [0.3, 0.4) is 0 Å². The highest BCUT2D eigenvalue weighted by Crippen LogP contribution is 2.20. The van der Waals surface area contributed by atoms with Crippen molar-refractivity contribution in [3.63, 3.8) is 0 Å². The molecule has 1 aromatic carbocycles. The van der Waals surface area contributed by atoms with E-state index in [0.29, 0.717) is 24.3 Å². The molecule has 18 heavy (non-hydrogen) atoms. The number of hydrogen-bond donors (Lipinski definition) is 2. The zero-order valence-corrected chi connectivity index (χ0v) is 10.9. The van der Waals surface area contributed by atoms with E-state index in [9.17, 15) is 9.90 Å². The number of rotatable bonds is 1. The molecule has 4 nitrogen and oxygen atoms in total. The van der Waals surface area contributed by atoms with Gasteiger partial charge in [-0.25, -0.2) is 0 Å². The topological polar surface area (TPSA) is 66.6 Å². The average Bonchev–Trinajstić information content (AvgIpc) is 2.35. The standard InChI is InChI=1S/C14H20N2O2/c1-9-5-6-16(8-13(9)17)14(18)11-3-4-12(15)10(2)7-11/h3-4,7,9,13,17H,5-6,8,15H2,1-2H3. The predicted molar refractivity (Wildman–Crippen MR) is 71.3 cm³/mol. The van der Waals surface area contributed by atoms with E-state index in [4.69, 9.17) is 5.73 Å². The van der Waals surface area contributed by atoms with E-state index in [2.05, 4.69) is 0 Å². The molecular formula is C14H20N2O2. The van der Waals surface area contributed by atoms with E-state index in [0.717, 1.165) is 12.0 Å². The second kappa shape index (κ2) is 4.98. The Labute approximate surface area is 107 Å². The molecule has 1 amide bonds. The molecule has 0 bridgehead atoms. The quantitative estimate of drug-likeness (QED) is 0.739. The van der Waals surface area contributed by atoms with Crippen molar-refractivity contribution in [3.8, 4) is 0 Å². The summed E-state index contributed by atoms with van der Waals surface area (Å²) in [5.41, 5.74) is 7.99.